The van der Waals surface area contributed by atoms with Gasteiger partial charge >= 0.3 is 0 Å². The molecule has 1 heterocycles. The van der Waals surface area contributed by atoms with Crippen LogP contribution < -0.4 is 14.9 Å². The van der Waals surface area contributed by atoms with Gasteiger partial charge in [-0.2, -0.15) is 0 Å². The minimum atomic E-state index is -3.75. The van der Waals surface area contributed by atoms with Gasteiger partial charge in [0.05, 0.1) is 16.4 Å². The minimum absolute atomic E-state index is 0.0234. The number of anilines is 2. The number of amides is 1. The Morgan fingerprint density at radius 3 is 2.62 bits per heavy atom. The summed E-state index contributed by atoms with van der Waals surface area (Å²) in [5.41, 5.74) is 1.25. The molecule has 0 aliphatic rings. The number of benzene rings is 1. The van der Waals surface area contributed by atoms with Gasteiger partial charge in [-0.15, -0.1) is 0 Å². The van der Waals surface area contributed by atoms with Gasteiger partial charge in [0.15, 0.2) is 5.03 Å². The van der Waals surface area contributed by atoms with E-state index in [1.54, 1.807) is 41.6 Å². The number of para-hydroxylation sites is 1. The van der Waals surface area contributed by atoms with E-state index in [0.29, 0.717) is 22.2 Å². The molecule has 0 aliphatic carbocycles. The first kappa shape index (κ1) is 20.2. The number of halogens is 1. The third-order valence-electron chi connectivity index (χ3n) is 3.71. The largest absolute Gasteiger partial charge is 0.375 e. The van der Waals surface area contributed by atoms with Crippen LogP contribution in [0.1, 0.15) is 12.2 Å². The molecule has 2 N–H and O–H groups in total. The Morgan fingerprint density at radius 1 is 1.35 bits per heavy atom. The molecule has 0 spiro atoms. The van der Waals surface area contributed by atoms with E-state index in [0.717, 1.165) is 0 Å². The number of nitrogens with zero attached hydrogens (tertiary/aromatic N) is 3. The van der Waals surface area contributed by atoms with Crippen molar-refractivity contribution in [3.63, 3.8) is 0 Å². The zero-order chi connectivity index (χ0) is 19.5. The predicted octanol–water partition coefficient (Wildman–Crippen LogP) is 1.76. The van der Waals surface area contributed by atoms with Crippen molar-refractivity contribution in [2.75, 3.05) is 30.9 Å². The van der Waals surface area contributed by atoms with Crippen LogP contribution in [-0.2, 0) is 21.9 Å². The zero-order valence-electron chi connectivity index (χ0n) is 15.1. The zero-order valence-corrected chi connectivity index (χ0v) is 16.6. The van der Waals surface area contributed by atoms with Crippen LogP contribution in [0.2, 0.25) is 5.02 Å². The predicted molar refractivity (Wildman–Crippen MR) is 102 cm³/mol. The highest BCUT2D eigenvalue weighted by Crippen LogP contribution is 2.32. The summed E-state index contributed by atoms with van der Waals surface area (Å²) in [5, 5.41) is 3.20. The molecule has 2 aromatic rings. The number of rotatable bonds is 7. The van der Waals surface area contributed by atoms with E-state index in [1.807, 2.05) is 14.1 Å². The standard InChI is InChI=1S/C16H22ClN5O3S/c1-11-19-15(10-22(11)4)26(24,25)18-9-8-14(23)20-13-7-5-6-12(17)16(13)21(2)3/h5-7,10,18H,8-9H2,1-4H3,(H,20,23). The molecule has 0 bridgehead atoms. The van der Waals surface area contributed by atoms with Crippen molar-refractivity contribution in [3.8, 4) is 0 Å². The number of carbonyl (C=O) groups is 1. The molecular weight excluding hydrogens is 378 g/mol. The number of nitrogens with one attached hydrogen (secondary N) is 2. The van der Waals surface area contributed by atoms with Gasteiger partial charge in [0.1, 0.15) is 5.82 Å². The maximum absolute atomic E-state index is 12.2. The van der Waals surface area contributed by atoms with E-state index in [-0.39, 0.29) is 23.9 Å². The molecule has 0 saturated heterocycles. The van der Waals surface area contributed by atoms with Crippen LogP contribution in [0.4, 0.5) is 11.4 Å². The molecule has 10 heteroatoms. The molecule has 0 unspecified atom stereocenters. The van der Waals surface area contributed by atoms with Crippen molar-refractivity contribution in [1.82, 2.24) is 14.3 Å². The maximum Gasteiger partial charge on any atom is 0.259 e. The summed E-state index contributed by atoms with van der Waals surface area (Å²) in [6, 6.07) is 5.20. The Labute approximate surface area is 158 Å². The lowest BCUT2D eigenvalue weighted by molar-refractivity contribution is -0.116. The SMILES string of the molecule is Cc1nc(S(=O)(=O)NCCC(=O)Nc2cccc(Cl)c2N(C)C)cn1C. The van der Waals surface area contributed by atoms with E-state index in [9.17, 15) is 13.2 Å². The Morgan fingerprint density at radius 2 is 2.04 bits per heavy atom. The number of hydrogen-bond donors (Lipinski definition) is 2. The summed E-state index contributed by atoms with van der Waals surface area (Å²) in [7, 11) is 1.60. The molecule has 2 rings (SSSR count). The molecule has 26 heavy (non-hydrogen) atoms. The topological polar surface area (TPSA) is 96.3 Å². The highest BCUT2D eigenvalue weighted by molar-refractivity contribution is 7.89. The van der Waals surface area contributed by atoms with Crippen LogP contribution in [-0.4, -0.2) is 44.5 Å². The van der Waals surface area contributed by atoms with Crippen molar-refractivity contribution in [3.05, 3.63) is 35.2 Å². The maximum atomic E-state index is 12.2. The first-order valence-corrected chi connectivity index (χ1v) is 9.73. The summed E-state index contributed by atoms with van der Waals surface area (Å²) in [6.45, 7) is 1.67. The van der Waals surface area contributed by atoms with Gasteiger partial charge < -0.3 is 14.8 Å². The molecular formula is C16H22ClN5O3S. The van der Waals surface area contributed by atoms with Gasteiger partial charge in [-0.25, -0.2) is 18.1 Å². The fourth-order valence-electron chi connectivity index (χ4n) is 2.31. The van der Waals surface area contributed by atoms with Crippen molar-refractivity contribution in [1.29, 1.82) is 0 Å². The van der Waals surface area contributed by atoms with Crippen molar-refractivity contribution in [2.45, 2.75) is 18.4 Å². The Hall–Kier alpha value is -2.10. The number of carbonyl (C=O) groups excluding carboxylic acids is 1. The number of hydrogen-bond acceptors (Lipinski definition) is 5. The van der Waals surface area contributed by atoms with Gasteiger partial charge in [0.25, 0.3) is 10.0 Å². The molecule has 1 amide bonds. The van der Waals surface area contributed by atoms with Gasteiger partial charge in [0.2, 0.25) is 5.91 Å². The van der Waals surface area contributed by atoms with Crippen LogP contribution in [0.25, 0.3) is 0 Å². The second kappa shape index (κ2) is 8.07. The molecule has 142 valence electrons. The Bertz CT molecular complexity index is 889. The van der Waals surface area contributed by atoms with E-state index >= 15 is 0 Å². The quantitative estimate of drug-likeness (QED) is 0.739. The summed E-state index contributed by atoms with van der Waals surface area (Å²) < 4.78 is 28.4. The monoisotopic (exact) mass is 399 g/mol. The fourth-order valence-corrected chi connectivity index (χ4v) is 3.72. The molecule has 8 nitrogen and oxygen atoms in total. The summed E-state index contributed by atoms with van der Waals surface area (Å²) in [6.07, 6.45) is 1.40. The number of aryl methyl sites for hydroxylation is 2. The lowest BCUT2D eigenvalue weighted by Gasteiger charge is -2.19. The van der Waals surface area contributed by atoms with Gasteiger partial charge in [0, 0.05) is 40.3 Å². The van der Waals surface area contributed by atoms with Gasteiger partial charge in [-0.3, -0.25) is 4.79 Å². The molecule has 0 radical (unpaired) electrons. The Kier molecular flexibility index (Phi) is 6.27. The minimum Gasteiger partial charge on any atom is -0.375 e. The second-order valence-corrected chi connectivity index (χ2v) is 8.08. The average Bonchev–Trinajstić information content (AvgIpc) is 2.87. The van der Waals surface area contributed by atoms with Crippen LogP contribution in [0.3, 0.4) is 0 Å². The fraction of sp³-hybridized carbons (Fsp3) is 0.375. The van der Waals surface area contributed by atoms with E-state index in [4.69, 9.17) is 11.6 Å². The first-order valence-electron chi connectivity index (χ1n) is 7.87. The molecule has 0 saturated carbocycles. The first-order chi connectivity index (χ1) is 12.1. The molecule has 0 atom stereocenters. The summed E-state index contributed by atoms with van der Waals surface area (Å²) in [4.78, 5) is 17.9. The smallest absolute Gasteiger partial charge is 0.259 e. The molecule has 0 fully saturated rings. The second-order valence-electron chi connectivity index (χ2n) is 5.96. The van der Waals surface area contributed by atoms with Crippen molar-refractivity contribution < 1.29 is 13.2 Å². The highest BCUT2D eigenvalue weighted by atomic mass is 35.5. The van der Waals surface area contributed by atoms with Crippen LogP contribution in [0, 0.1) is 6.92 Å². The lowest BCUT2D eigenvalue weighted by Crippen LogP contribution is -2.28. The third kappa shape index (κ3) is 4.75. The van der Waals surface area contributed by atoms with Crippen LogP contribution in [0.5, 0.6) is 0 Å². The average molecular weight is 400 g/mol. The van der Waals surface area contributed by atoms with Crippen molar-refractivity contribution >= 4 is 38.9 Å². The normalized spacial score (nSPS) is 11.4. The van der Waals surface area contributed by atoms with Gasteiger partial charge in [-0.1, -0.05) is 17.7 Å². The summed E-state index contributed by atoms with van der Waals surface area (Å²) in [5.74, 6) is 0.260. The van der Waals surface area contributed by atoms with Crippen molar-refractivity contribution in [2.24, 2.45) is 7.05 Å². The lowest BCUT2D eigenvalue weighted by atomic mass is 10.2. The molecule has 1 aromatic carbocycles. The summed E-state index contributed by atoms with van der Waals surface area (Å²) >= 11 is 6.16. The molecule has 1 aromatic heterocycles. The van der Waals surface area contributed by atoms with E-state index in [2.05, 4.69) is 15.0 Å². The third-order valence-corrected chi connectivity index (χ3v) is 5.35. The number of imidazole rings is 1. The van der Waals surface area contributed by atoms with E-state index in [1.165, 1.54) is 6.20 Å². The Balaban J connectivity index is 1.97. The van der Waals surface area contributed by atoms with E-state index < -0.39 is 10.0 Å². The number of sulfonamides is 1. The van der Waals surface area contributed by atoms with Crippen LogP contribution in [0.15, 0.2) is 29.4 Å². The number of aromatic nitrogens is 2. The molecule has 0 aliphatic heterocycles. The van der Waals surface area contributed by atoms with Crippen LogP contribution >= 0.6 is 11.6 Å². The highest BCUT2D eigenvalue weighted by Gasteiger charge is 2.19. The van der Waals surface area contributed by atoms with Gasteiger partial charge in [-0.05, 0) is 19.1 Å².